The maximum absolute atomic E-state index is 14.2. The lowest BCUT2D eigenvalue weighted by Crippen LogP contribution is -2.54. The second-order valence-electron chi connectivity index (χ2n) is 17.7. The molecule has 4 heterocycles. The first-order valence-electron chi connectivity index (χ1n) is 23.2. The smallest absolute Gasteiger partial charge is 0.419 e. The number of halogens is 3. The van der Waals surface area contributed by atoms with Crippen LogP contribution in [0, 0.1) is 6.92 Å². The van der Waals surface area contributed by atoms with Crippen molar-refractivity contribution >= 4 is 58.3 Å². The van der Waals surface area contributed by atoms with Gasteiger partial charge in [-0.25, -0.2) is 4.98 Å². The Morgan fingerprint density at radius 2 is 1.62 bits per heavy atom. The largest absolute Gasteiger partial charge is 0.489 e. The summed E-state index contributed by atoms with van der Waals surface area (Å²) in [6.45, 7) is 8.72. The number of carbonyl (C=O) groups excluding carboxylic acids is 6. The van der Waals surface area contributed by atoms with Gasteiger partial charge in [0.2, 0.25) is 11.8 Å². The topological polar surface area (TPSA) is 200 Å². The summed E-state index contributed by atoms with van der Waals surface area (Å²) in [5.74, 6) is -2.29. The molecule has 0 spiro atoms. The number of pyridine rings is 1. The molecule has 7 rings (SSSR count). The summed E-state index contributed by atoms with van der Waals surface area (Å²) in [5, 5.41) is 13.5. The average Bonchev–Trinajstić information content (AvgIpc) is 3.57. The number of nitrogens with one attached hydrogen (secondary N) is 5. The quantitative estimate of drug-likeness (QED) is 0.0462. The van der Waals surface area contributed by atoms with Gasteiger partial charge in [-0.1, -0.05) is 31.0 Å². The Labute approximate surface area is 398 Å². The van der Waals surface area contributed by atoms with E-state index in [2.05, 4.69) is 36.5 Å². The molecule has 6 amide bonds. The Morgan fingerprint density at radius 1 is 0.870 bits per heavy atom. The van der Waals surface area contributed by atoms with E-state index in [1.165, 1.54) is 43.4 Å². The third kappa shape index (κ3) is 12.0. The molecule has 0 bridgehead atoms. The van der Waals surface area contributed by atoms with Crippen molar-refractivity contribution in [2.75, 3.05) is 50.5 Å². The Morgan fingerprint density at radius 3 is 2.35 bits per heavy atom. The van der Waals surface area contributed by atoms with Crippen molar-refractivity contribution in [2.45, 2.75) is 96.4 Å². The summed E-state index contributed by atoms with van der Waals surface area (Å²) in [5.41, 5.74) is 1.93. The highest BCUT2D eigenvalue weighted by Gasteiger charge is 2.46. The molecule has 2 fully saturated rings. The van der Waals surface area contributed by atoms with Gasteiger partial charge in [-0.15, -0.1) is 0 Å². The molecule has 4 aromatic rings. The molecular formula is C50H57F3N8O8. The average molecular weight is 955 g/mol. The first-order chi connectivity index (χ1) is 33.0. The first kappa shape index (κ1) is 49.9. The van der Waals surface area contributed by atoms with Gasteiger partial charge in [0.25, 0.3) is 23.6 Å². The fourth-order valence-corrected chi connectivity index (χ4v) is 8.96. The molecule has 3 aromatic carbocycles. The zero-order valence-corrected chi connectivity index (χ0v) is 39.0. The number of carbonyl (C=O) groups is 6. The molecule has 3 aliphatic heterocycles. The molecule has 16 nitrogen and oxygen atoms in total. The minimum Gasteiger partial charge on any atom is -0.489 e. The number of ether oxygens (including phenoxy) is 2. The van der Waals surface area contributed by atoms with E-state index in [-0.39, 0.29) is 77.0 Å². The normalized spacial score (nSPS) is 16.6. The first-order valence-corrected chi connectivity index (χ1v) is 23.2. The van der Waals surface area contributed by atoms with Crippen LogP contribution in [0.5, 0.6) is 11.5 Å². The van der Waals surface area contributed by atoms with Gasteiger partial charge < -0.3 is 35.6 Å². The van der Waals surface area contributed by atoms with Crippen LogP contribution in [0.25, 0.3) is 0 Å². The van der Waals surface area contributed by atoms with Crippen molar-refractivity contribution in [1.29, 1.82) is 0 Å². The second-order valence-corrected chi connectivity index (χ2v) is 17.7. The maximum atomic E-state index is 14.2. The number of likely N-dealkylation sites (tertiary alicyclic amines) is 1. The molecule has 2 saturated heterocycles. The highest BCUT2D eigenvalue weighted by molar-refractivity contribution is 6.24. The molecule has 0 saturated carbocycles. The van der Waals surface area contributed by atoms with Crippen molar-refractivity contribution in [3.63, 3.8) is 0 Å². The van der Waals surface area contributed by atoms with E-state index in [1.807, 2.05) is 32.9 Å². The van der Waals surface area contributed by atoms with Gasteiger partial charge in [-0.2, -0.15) is 13.2 Å². The highest BCUT2D eigenvalue weighted by Crippen LogP contribution is 2.41. The van der Waals surface area contributed by atoms with Crippen molar-refractivity contribution < 1.29 is 51.4 Å². The number of anilines is 4. The molecule has 1 aromatic heterocycles. The lowest BCUT2D eigenvalue weighted by molar-refractivity contribution is -0.137. The lowest BCUT2D eigenvalue weighted by Gasteiger charge is -2.33. The van der Waals surface area contributed by atoms with Gasteiger partial charge in [0.15, 0.2) is 6.61 Å². The van der Waals surface area contributed by atoms with E-state index in [9.17, 15) is 41.9 Å². The Hall–Kier alpha value is -7.02. The van der Waals surface area contributed by atoms with Crippen LogP contribution in [0.2, 0.25) is 0 Å². The number of alkyl halides is 3. The number of piperidine rings is 2. The summed E-state index contributed by atoms with van der Waals surface area (Å²) >= 11 is 0. The summed E-state index contributed by atoms with van der Waals surface area (Å²) in [7, 11) is 1.45. The summed E-state index contributed by atoms with van der Waals surface area (Å²) < 4.78 is 54.5. The van der Waals surface area contributed by atoms with Gasteiger partial charge in [0.05, 0.1) is 45.4 Å². The van der Waals surface area contributed by atoms with Crippen LogP contribution in [0.3, 0.4) is 0 Å². The number of imide groups is 2. The van der Waals surface area contributed by atoms with E-state index >= 15 is 0 Å². The number of hydrogen-bond donors (Lipinski definition) is 5. The molecular weight excluding hydrogens is 898 g/mol. The third-order valence-electron chi connectivity index (χ3n) is 12.4. The fraction of sp³-hybridized carbons (Fsp3) is 0.420. The minimum absolute atomic E-state index is 0.00607. The molecule has 1 atom stereocenters. The fourth-order valence-electron chi connectivity index (χ4n) is 8.96. The van der Waals surface area contributed by atoms with E-state index in [1.54, 1.807) is 12.1 Å². The Bertz CT molecular complexity index is 2600. The number of unbranched alkanes of at least 4 members (excludes halogenated alkanes) is 3. The molecule has 0 aliphatic carbocycles. The minimum atomic E-state index is -4.71. The van der Waals surface area contributed by atoms with E-state index in [4.69, 9.17) is 9.47 Å². The van der Waals surface area contributed by atoms with Crippen LogP contribution in [0.15, 0.2) is 66.9 Å². The van der Waals surface area contributed by atoms with Gasteiger partial charge in [0.1, 0.15) is 23.4 Å². The zero-order chi connectivity index (χ0) is 49.4. The number of para-hydroxylation sites is 1. The predicted molar refractivity (Wildman–Crippen MR) is 251 cm³/mol. The summed E-state index contributed by atoms with van der Waals surface area (Å²) in [6, 6.07) is 15.0. The van der Waals surface area contributed by atoms with Gasteiger partial charge in [0, 0.05) is 32.3 Å². The lowest BCUT2D eigenvalue weighted by atomic mass is 9.86. The van der Waals surface area contributed by atoms with Crippen molar-refractivity contribution in [2.24, 2.45) is 0 Å². The van der Waals surface area contributed by atoms with E-state index in [0.29, 0.717) is 18.0 Å². The summed E-state index contributed by atoms with van der Waals surface area (Å²) in [6.07, 6.45) is 1.49. The standard InChI is InChI=1S/C50H57F3N8O8/c1-29(2)69-41-25-34(30(3)24-38(41)58-42-26-37(35(27-56-42)50(51,52)53)57-36-14-8-7-12-32(36)46(64)54-4)31-18-22-60(23-19-31)21-10-6-5-9-20-55-44(63)28-68-40-15-11-13-33-45(40)49(67)61(48(33)66)39-16-17-43(62)59-47(39)65/h7-8,11-15,24-27,29,31,39H,5-6,9-10,16-23,28H2,1-4H3,(H,54,64)(H,55,63)(H2,56,57,58)(H,59,62,65). The van der Waals surface area contributed by atoms with Gasteiger partial charge >= 0.3 is 6.18 Å². The van der Waals surface area contributed by atoms with Crippen LogP contribution in [0.4, 0.5) is 36.1 Å². The number of aryl methyl sites for hydroxylation is 1. The number of hydrogen-bond acceptors (Lipinski definition) is 12. The van der Waals surface area contributed by atoms with Gasteiger partial charge in [-0.3, -0.25) is 39.0 Å². The van der Waals surface area contributed by atoms with Crippen LogP contribution in [0.1, 0.15) is 119 Å². The predicted octanol–water partition coefficient (Wildman–Crippen LogP) is 7.38. The number of rotatable bonds is 19. The van der Waals surface area contributed by atoms with Crippen molar-refractivity contribution in [3.05, 3.63) is 100 Å². The van der Waals surface area contributed by atoms with Crippen LogP contribution in [-0.4, -0.2) is 102 Å². The molecule has 5 N–H and O–H groups in total. The van der Waals surface area contributed by atoms with Crippen LogP contribution < -0.4 is 36.1 Å². The zero-order valence-electron chi connectivity index (χ0n) is 39.0. The Kier molecular flexibility index (Phi) is 15.9. The maximum Gasteiger partial charge on any atom is 0.419 e. The van der Waals surface area contributed by atoms with Crippen molar-refractivity contribution in [3.8, 4) is 11.5 Å². The Balaban J connectivity index is 0.858. The van der Waals surface area contributed by atoms with E-state index < -0.39 is 47.3 Å². The molecule has 0 radical (unpaired) electrons. The molecule has 19 heteroatoms. The number of fused-ring (bicyclic) bond motifs is 1. The second kappa shape index (κ2) is 21.9. The van der Waals surface area contributed by atoms with E-state index in [0.717, 1.165) is 80.4 Å². The molecule has 366 valence electrons. The van der Waals surface area contributed by atoms with Gasteiger partial charge in [-0.05, 0) is 126 Å². The van der Waals surface area contributed by atoms with Crippen molar-refractivity contribution in [1.82, 2.24) is 30.7 Å². The highest BCUT2D eigenvalue weighted by atomic mass is 19.4. The number of amides is 6. The summed E-state index contributed by atoms with van der Waals surface area (Å²) in [4.78, 5) is 83.0. The number of benzene rings is 3. The molecule has 69 heavy (non-hydrogen) atoms. The number of nitrogens with zero attached hydrogens (tertiary/aromatic N) is 3. The van der Waals surface area contributed by atoms with Crippen LogP contribution in [-0.2, 0) is 20.6 Å². The number of aromatic nitrogens is 1. The SMILES string of the molecule is CNC(=O)c1ccccc1Nc1cc(Nc2cc(C)c(C3CCN(CCCCCCNC(=O)COc4cccc5c4C(=O)N(C4CCC(=O)NC4=O)C5=O)CC3)cc2OC(C)C)ncc1C(F)(F)F. The monoisotopic (exact) mass is 954 g/mol. The third-order valence-corrected chi connectivity index (χ3v) is 12.4. The molecule has 1 unspecified atom stereocenters. The molecule has 3 aliphatic rings. The van der Waals surface area contributed by atoms with Crippen LogP contribution >= 0.6 is 0 Å².